The van der Waals surface area contributed by atoms with E-state index in [0.717, 1.165) is 0 Å². The van der Waals surface area contributed by atoms with E-state index in [2.05, 4.69) is 4.98 Å². The Labute approximate surface area is 94.4 Å². The molecular formula is C8H10FIN2O2. The molecule has 0 fully saturated rings. The quantitative estimate of drug-likeness (QED) is 0.628. The largest absolute Gasteiger partial charge is 0.486 e. The number of aliphatic hydroxyl groups excluding tert-OH is 1. The molecule has 0 amide bonds. The molecule has 1 aromatic rings. The van der Waals surface area contributed by atoms with E-state index in [4.69, 9.17) is 15.6 Å². The van der Waals surface area contributed by atoms with Gasteiger partial charge in [-0.2, -0.15) is 4.39 Å². The molecule has 14 heavy (non-hydrogen) atoms. The Hall–Kier alpha value is -0.470. The molecule has 78 valence electrons. The Kier molecular flexibility index (Phi) is 4.49. The molecule has 4 nitrogen and oxygen atoms in total. The van der Waals surface area contributed by atoms with Crippen molar-refractivity contribution in [3.8, 4) is 5.75 Å². The van der Waals surface area contributed by atoms with Crippen molar-refractivity contribution >= 4 is 22.6 Å². The lowest BCUT2D eigenvalue weighted by Crippen LogP contribution is -2.31. The van der Waals surface area contributed by atoms with Crippen molar-refractivity contribution in [1.29, 1.82) is 0 Å². The molecule has 3 N–H and O–H groups in total. The molecule has 1 atom stereocenters. The Morgan fingerprint density at radius 3 is 3.00 bits per heavy atom. The second-order valence-corrected chi connectivity index (χ2v) is 3.83. The molecule has 0 aromatic carbocycles. The van der Waals surface area contributed by atoms with Crippen LogP contribution in [0.3, 0.4) is 0 Å². The second kappa shape index (κ2) is 5.42. The first-order valence-corrected chi connectivity index (χ1v) is 5.02. The van der Waals surface area contributed by atoms with Gasteiger partial charge in [-0.15, -0.1) is 0 Å². The van der Waals surface area contributed by atoms with Crippen molar-refractivity contribution < 1.29 is 14.2 Å². The van der Waals surface area contributed by atoms with E-state index in [1.54, 1.807) is 6.07 Å². The van der Waals surface area contributed by atoms with Crippen LogP contribution in [-0.4, -0.2) is 29.3 Å². The Morgan fingerprint density at radius 2 is 2.43 bits per heavy atom. The lowest BCUT2D eigenvalue weighted by molar-refractivity contribution is 0.200. The number of halogens is 2. The monoisotopic (exact) mass is 312 g/mol. The summed E-state index contributed by atoms with van der Waals surface area (Å²) in [5, 5.41) is 8.64. The molecular weight excluding hydrogens is 302 g/mol. The molecule has 0 radical (unpaired) electrons. The standard InChI is InChI=1S/C8H10FIN2O2/c9-8-7(6(10)1-2-12-8)14-4-5(11)3-13/h1-2,5,13H,3-4,11H2. The fourth-order valence-electron chi connectivity index (χ4n) is 0.773. The molecule has 1 heterocycles. The smallest absolute Gasteiger partial charge is 0.256 e. The van der Waals surface area contributed by atoms with Gasteiger partial charge >= 0.3 is 0 Å². The van der Waals surface area contributed by atoms with Crippen LogP contribution in [0.25, 0.3) is 0 Å². The van der Waals surface area contributed by atoms with Gasteiger partial charge in [0.15, 0.2) is 5.75 Å². The third-order valence-corrected chi connectivity index (χ3v) is 2.34. The highest BCUT2D eigenvalue weighted by molar-refractivity contribution is 14.1. The van der Waals surface area contributed by atoms with Crippen molar-refractivity contribution in [2.45, 2.75) is 6.04 Å². The highest BCUT2D eigenvalue weighted by atomic mass is 127. The SMILES string of the molecule is NC(CO)COc1c(I)ccnc1F. The zero-order chi connectivity index (χ0) is 10.6. The first-order valence-electron chi connectivity index (χ1n) is 3.94. The van der Waals surface area contributed by atoms with E-state index in [1.165, 1.54) is 6.20 Å². The van der Waals surface area contributed by atoms with Gasteiger partial charge in [0.05, 0.1) is 16.2 Å². The average Bonchev–Trinajstić information content (AvgIpc) is 2.16. The summed E-state index contributed by atoms with van der Waals surface area (Å²) in [7, 11) is 0. The van der Waals surface area contributed by atoms with Crippen LogP contribution in [0.5, 0.6) is 5.75 Å². The molecule has 0 aliphatic carbocycles. The van der Waals surface area contributed by atoms with Crippen LogP contribution >= 0.6 is 22.6 Å². The molecule has 1 aromatic heterocycles. The van der Waals surface area contributed by atoms with Crippen LogP contribution in [0.1, 0.15) is 0 Å². The summed E-state index contributed by atoms with van der Waals surface area (Å²) >= 11 is 1.94. The predicted molar refractivity (Wildman–Crippen MR) is 57.5 cm³/mol. The lowest BCUT2D eigenvalue weighted by atomic mass is 10.3. The second-order valence-electron chi connectivity index (χ2n) is 2.67. The highest BCUT2D eigenvalue weighted by Crippen LogP contribution is 2.22. The van der Waals surface area contributed by atoms with E-state index >= 15 is 0 Å². The van der Waals surface area contributed by atoms with Crippen LogP contribution in [0.4, 0.5) is 4.39 Å². The number of nitrogens with two attached hydrogens (primary N) is 1. The summed E-state index contributed by atoms with van der Waals surface area (Å²) in [5.74, 6) is -0.584. The maximum absolute atomic E-state index is 13.1. The summed E-state index contributed by atoms with van der Waals surface area (Å²) in [6, 6.07) is 1.12. The number of pyridine rings is 1. The maximum atomic E-state index is 13.1. The van der Waals surface area contributed by atoms with Gasteiger partial charge < -0.3 is 15.6 Å². The minimum Gasteiger partial charge on any atom is -0.486 e. The van der Waals surface area contributed by atoms with Crippen molar-refractivity contribution in [2.24, 2.45) is 5.73 Å². The number of rotatable bonds is 4. The number of hydrogen-bond acceptors (Lipinski definition) is 4. The topological polar surface area (TPSA) is 68.4 Å². The molecule has 0 aliphatic rings. The molecule has 0 aliphatic heterocycles. The summed E-state index contributed by atoms with van der Waals surface area (Å²) in [6.45, 7) is -0.131. The van der Waals surface area contributed by atoms with E-state index in [0.29, 0.717) is 3.57 Å². The lowest BCUT2D eigenvalue weighted by Gasteiger charge is -2.11. The zero-order valence-corrected chi connectivity index (χ0v) is 9.44. The minimum absolute atomic E-state index is 0.0646. The molecule has 1 unspecified atom stereocenters. The van der Waals surface area contributed by atoms with Gasteiger partial charge in [-0.1, -0.05) is 0 Å². The Morgan fingerprint density at radius 1 is 1.71 bits per heavy atom. The van der Waals surface area contributed by atoms with E-state index in [9.17, 15) is 4.39 Å². The molecule has 0 bridgehead atoms. The van der Waals surface area contributed by atoms with Crippen LogP contribution in [0.2, 0.25) is 0 Å². The van der Waals surface area contributed by atoms with Gasteiger partial charge in [-0.05, 0) is 28.7 Å². The Bertz CT molecular complexity index is 291. The van der Waals surface area contributed by atoms with Crippen molar-refractivity contribution in [2.75, 3.05) is 13.2 Å². The first kappa shape index (κ1) is 11.6. The number of aliphatic hydroxyl groups is 1. The first-order chi connectivity index (χ1) is 6.65. The summed E-state index contributed by atoms with van der Waals surface area (Å²) < 4.78 is 18.8. The van der Waals surface area contributed by atoms with Crippen LogP contribution in [-0.2, 0) is 0 Å². The van der Waals surface area contributed by atoms with Gasteiger partial charge in [-0.25, -0.2) is 4.98 Å². The van der Waals surface area contributed by atoms with Gasteiger partial charge in [-0.3, -0.25) is 0 Å². The van der Waals surface area contributed by atoms with E-state index in [1.807, 2.05) is 22.6 Å². The van der Waals surface area contributed by atoms with Gasteiger partial charge in [0.1, 0.15) is 6.61 Å². The highest BCUT2D eigenvalue weighted by Gasteiger charge is 2.10. The van der Waals surface area contributed by atoms with Crippen LogP contribution in [0.15, 0.2) is 12.3 Å². The third-order valence-electron chi connectivity index (χ3n) is 1.49. The van der Waals surface area contributed by atoms with Crippen molar-refractivity contribution in [1.82, 2.24) is 4.98 Å². The van der Waals surface area contributed by atoms with E-state index in [-0.39, 0.29) is 19.0 Å². The molecule has 6 heteroatoms. The van der Waals surface area contributed by atoms with Crippen molar-refractivity contribution in [3.05, 3.63) is 21.8 Å². The third kappa shape index (κ3) is 3.03. The molecule has 1 rings (SSSR count). The number of aromatic nitrogens is 1. The van der Waals surface area contributed by atoms with Crippen LogP contribution < -0.4 is 10.5 Å². The van der Waals surface area contributed by atoms with Gasteiger partial charge in [0.2, 0.25) is 0 Å². The van der Waals surface area contributed by atoms with E-state index < -0.39 is 12.0 Å². The molecule has 0 saturated carbocycles. The van der Waals surface area contributed by atoms with Crippen LogP contribution in [0, 0.1) is 9.52 Å². The average molecular weight is 312 g/mol. The zero-order valence-electron chi connectivity index (χ0n) is 7.28. The predicted octanol–water partition coefficient (Wildman–Crippen LogP) is 0.524. The summed E-state index contributed by atoms with van der Waals surface area (Å²) in [5.41, 5.74) is 5.40. The fourth-order valence-corrected chi connectivity index (χ4v) is 1.31. The molecule has 0 spiro atoms. The normalized spacial score (nSPS) is 12.6. The van der Waals surface area contributed by atoms with Gasteiger partial charge in [0, 0.05) is 6.20 Å². The molecule has 0 saturated heterocycles. The maximum Gasteiger partial charge on any atom is 0.256 e. The number of ether oxygens (including phenoxy) is 1. The van der Waals surface area contributed by atoms with Gasteiger partial charge in [0.25, 0.3) is 5.95 Å². The minimum atomic E-state index is -0.665. The number of hydrogen-bond donors (Lipinski definition) is 2. The Balaban J connectivity index is 2.66. The summed E-state index contributed by atoms with van der Waals surface area (Å²) in [6.07, 6.45) is 1.36. The summed E-state index contributed by atoms with van der Waals surface area (Å²) in [4.78, 5) is 3.44. The van der Waals surface area contributed by atoms with Crippen molar-refractivity contribution in [3.63, 3.8) is 0 Å². The number of nitrogens with zero attached hydrogens (tertiary/aromatic N) is 1. The fraction of sp³-hybridized carbons (Fsp3) is 0.375.